The molecule has 0 spiro atoms. The first-order valence-electron chi connectivity index (χ1n) is 7.23. The molecular formula is C18H13N3O2. The van der Waals surface area contributed by atoms with Crippen LogP contribution in [-0.2, 0) is 0 Å². The summed E-state index contributed by atoms with van der Waals surface area (Å²) < 4.78 is 7.34. The molecule has 0 atom stereocenters. The van der Waals surface area contributed by atoms with Crippen molar-refractivity contribution in [1.82, 2.24) is 14.5 Å². The molecule has 0 amide bonds. The Balaban J connectivity index is 2.03. The van der Waals surface area contributed by atoms with E-state index in [1.54, 1.807) is 18.3 Å². The zero-order chi connectivity index (χ0) is 15.8. The summed E-state index contributed by atoms with van der Waals surface area (Å²) in [5, 5.41) is 0. The summed E-state index contributed by atoms with van der Waals surface area (Å²) in [6, 6.07) is 16.4. The van der Waals surface area contributed by atoms with Gasteiger partial charge in [-0.05, 0) is 42.8 Å². The Hall–Kier alpha value is -3.21. The van der Waals surface area contributed by atoms with Gasteiger partial charge < -0.3 is 4.42 Å². The van der Waals surface area contributed by atoms with E-state index in [1.165, 1.54) is 4.57 Å². The molecule has 5 heteroatoms. The predicted octanol–water partition coefficient (Wildman–Crippen LogP) is 3.35. The summed E-state index contributed by atoms with van der Waals surface area (Å²) in [5.41, 5.74) is 2.71. The van der Waals surface area contributed by atoms with Gasteiger partial charge in [0.1, 0.15) is 17.0 Å². The smallest absolute Gasteiger partial charge is 0.257 e. The molecule has 0 aliphatic rings. The van der Waals surface area contributed by atoms with Crippen LogP contribution in [0.3, 0.4) is 0 Å². The quantitative estimate of drug-likeness (QED) is 0.570. The number of benzene rings is 1. The number of oxazole rings is 1. The van der Waals surface area contributed by atoms with Crippen LogP contribution in [-0.4, -0.2) is 14.5 Å². The summed E-state index contributed by atoms with van der Waals surface area (Å²) in [7, 11) is 0. The van der Waals surface area contributed by atoms with Gasteiger partial charge in [-0.15, -0.1) is 0 Å². The molecule has 112 valence electrons. The van der Waals surface area contributed by atoms with Crippen LogP contribution in [0.4, 0.5) is 0 Å². The molecule has 23 heavy (non-hydrogen) atoms. The van der Waals surface area contributed by atoms with Crippen molar-refractivity contribution in [3.63, 3.8) is 0 Å². The number of rotatable bonds is 2. The Morgan fingerprint density at radius 3 is 2.65 bits per heavy atom. The normalized spacial score (nSPS) is 11.0. The average Bonchev–Trinajstić information content (AvgIpc) is 2.99. The van der Waals surface area contributed by atoms with Crippen molar-refractivity contribution in [2.24, 2.45) is 0 Å². The maximum atomic E-state index is 12.5. The third kappa shape index (κ3) is 2.32. The molecule has 4 aromatic rings. The molecule has 0 aliphatic carbocycles. The molecular weight excluding hydrogens is 290 g/mol. The molecule has 3 heterocycles. The second kappa shape index (κ2) is 5.21. The number of hydrogen-bond acceptors (Lipinski definition) is 4. The minimum absolute atomic E-state index is 0.166. The maximum absolute atomic E-state index is 12.5. The van der Waals surface area contributed by atoms with E-state index < -0.39 is 0 Å². The lowest BCUT2D eigenvalue weighted by atomic mass is 10.2. The molecule has 0 bridgehead atoms. The van der Waals surface area contributed by atoms with Gasteiger partial charge in [0.05, 0.1) is 0 Å². The molecule has 0 N–H and O–H groups in total. The van der Waals surface area contributed by atoms with E-state index >= 15 is 0 Å². The van der Waals surface area contributed by atoms with Gasteiger partial charge in [-0.3, -0.25) is 9.36 Å². The molecule has 0 fully saturated rings. The van der Waals surface area contributed by atoms with Crippen LogP contribution in [0.5, 0.6) is 0 Å². The monoisotopic (exact) mass is 303 g/mol. The fraction of sp³-hybridized carbons (Fsp3) is 0.0556. The summed E-state index contributed by atoms with van der Waals surface area (Å²) >= 11 is 0. The number of aromatic nitrogens is 3. The number of pyridine rings is 2. The Bertz CT molecular complexity index is 1020. The highest BCUT2D eigenvalue weighted by atomic mass is 16.3. The van der Waals surface area contributed by atoms with E-state index in [1.807, 2.05) is 49.4 Å². The van der Waals surface area contributed by atoms with Gasteiger partial charge in [0.15, 0.2) is 5.58 Å². The topological polar surface area (TPSA) is 60.9 Å². The number of hydrogen-bond donors (Lipinski definition) is 0. The molecule has 1 aromatic carbocycles. The average molecular weight is 303 g/mol. The van der Waals surface area contributed by atoms with Gasteiger partial charge >= 0.3 is 0 Å². The molecule has 0 saturated heterocycles. The second-order valence-corrected chi connectivity index (χ2v) is 5.27. The summed E-state index contributed by atoms with van der Waals surface area (Å²) in [6.45, 7) is 1.87. The second-order valence-electron chi connectivity index (χ2n) is 5.27. The number of fused-ring (bicyclic) bond motifs is 1. The van der Waals surface area contributed by atoms with Crippen molar-refractivity contribution < 1.29 is 4.42 Å². The predicted molar refractivity (Wildman–Crippen MR) is 87.6 cm³/mol. The van der Waals surface area contributed by atoms with Crippen molar-refractivity contribution in [1.29, 1.82) is 0 Å². The Kier molecular flexibility index (Phi) is 3.05. The Morgan fingerprint density at radius 2 is 1.87 bits per heavy atom. The van der Waals surface area contributed by atoms with Crippen LogP contribution < -0.4 is 5.56 Å². The summed E-state index contributed by atoms with van der Waals surface area (Å²) in [6.07, 6.45) is 1.65. The van der Waals surface area contributed by atoms with Crippen molar-refractivity contribution >= 4 is 11.1 Å². The summed E-state index contributed by atoms with van der Waals surface area (Å²) in [5.74, 6) is 0.937. The van der Waals surface area contributed by atoms with E-state index in [-0.39, 0.29) is 5.56 Å². The highest BCUT2D eigenvalue weighted by Gasteiger charge is 2.15. The SMILES string of the molecule is Cc1cc(-c2nc3ccccc3o2)n(-c2ccccn2)c(=O)c1. The number of aryl methyl sites for hydroxylation is 1. The fourth-order valence-electron chi connectivity index (χ4n) is 2.56. The first-order valence-corrected chi connectivity index (χ1v) is 7.23. The third-order valence-corrected chi connectivity index (χ3v) is 3.57. The van der Waals surface area contributed by atoms with Crippen molar-refractivity contribution in [3.8, 4) is 17.4 Å². The van der Waals surface area contributed by atoms with E-state index in [4.69, 9.17) is 4.42 Å². The van der Waals surface area contributed by atoms with Gasteiger partial charge in [-0.2, -0.15) is 0 Å². The Labute approximate surface area is 131 Å². The van der Waals surface area contributed by atoms with Crippen LogP contribution in [0.15, 0.2) is 70.0 Å². The van der Waals surface area contributed by atoms with Crippen LogP contribution in [0.2, 0.25) is 0 Å². The van der Waals surface area contributed by atoms with E-state index in [0.29, 0.717) is 23.0 Å². The van der Waals surface area contributed by atoms with E-state index in [2.05, 4.69) is 9.97 Å². The van der Waals surface area contributed by atoms with Gasteiger partial charge in [-0.25, -0.2) is 9.97 Å². The standard InChI is InChI=1S/C18H13N3O2/c1-12-10-14(18-20-13-6-2-3-7-15(13)23-18)21(17(22)11-12)16-8-4-5-9-19-16/h2-11H,1H3. The first-order chi connectivity index (χ1) is 11.2. The third-order valence-electron chi connectivity index (χ3n) is 3.57. The van der Waals surface area contributed by atoms with Crippen molar-refractivity contribution in [2.45, 2.75) is 6.92 Å². The maximum Gasteiger partial charge on any atom is 0.257 e. The molecule has 0 saturated carbocycles. The highest BCUT2D eigenvalue weighted by molar-refractivity contribution is 5.75. The largest absolute Gasteiger partial charge is 0.435 e. The lowest BCUT2D eigenvalue weighted by molar-refractivity contribution is 0.612. The van der Waals surface area contributed by atoms with Crippen LogP contribution in [0.25, 0.3) is 28.5 Å². The van der Waals surface area contributed by atoms with Crippen molar-refractivity contribution in [2.75, 3.05) is 0 Å². The lowest BCUT2D eigenvalue weighted by Crippen LogP contribution is -2.20. The minimum atomic E-state index is -0.166. The first kappa shape index (κ1) is 13.5. The fourth-order valence-corrected chi connectivity index (χ4v) is 2.56. The minimum Gasteiger partial charge on any atom is -0.435 e. The molecule has 3 aromatic heterocycles. The molecule has 0 unspecified atom stereocenters. The van der Waals surface area contributed by atoms with Crippen LogP contribution in [0.1, 0.15) is 5.56 Å². The van der Waals surface area contributed by atoms with E-state index in [9.17, 15) is 4.79 Å². The zero-order valence-electron chi connectivity index (χ0n) is 12.4. The number of nitrogens with zero attached hydrogens (tertiary/aromatic N) is 3. The highest BCUT2D eigenvalue weighted by Crippen LogP contribution is 2.25. The number of para-hydroxylation sites is 2. The summed E-state index contributed by atoms with van der Waals surface area (Å²) in [4.78, 5) is 21.3. The van der Waals surface area contributed by atoms with Gasteiger partial charge in [0, 0.05) is 12.3 Å². The Morgan fingerprint density at radius 1 is 1.04 bits per heavy atom. The molecule has 0 radical (unpaired) electrons. The zero-order valence-corrected chi connectivity index (χ0v) is 12.4. The van der Waals surface area contributed by atoms with Crippen LogP contribution in [0, 0.1) is 6.92 Å². The van der Waals surface area contributed by atoms with E-state index in [0.717, 1.165) is 11.1 Å². The van der Waals surface area contributed by atoms with Crippen LogP contribution >= 0.6 is 0 Å². The van der Waals surface area contributed by atoms with Gasteiger partial charge in [-0.1, -0.05) is 18.2 Å². The van der Waals surface area contributed by atoms with Gasteiger partial charge in [0.25, 0.3) is 5.56 Å². The molecule has 5 nitrogen and oxygen atoms in total. The lowest BCUT2D eigenvalue weighted by Gasteiger charge is -2.10. The molecule has 0 aliphatic heterocycles. The van der Waals surface area contributed by atoms with Gasteiger partial charge in [0.2, 0.25) is 5.89 Å². The molecule has 4 rings (SSSR count). The van der Waals surface area contributed by atoms with Crippen molar-refractivity contribution in [3.05, 3.63) is 76.7 Å².